The Morgan fingerprint density at radius 2 is 1.49 bits per heavy atom. The van der Waals surface area contributed by atoms with Crippen LogP contribution in [-0.2, 0) is 25.6 Å². The van der Waals surface area contributed by atoms with Crippen LogP contribution < -0.4 is 33.2 Å². The highest BCUT2D eigenvalue weighted by Crippen LogP contribution is 2.07. The van der Waals surface area contributed by atoms with Gasteiger partial charge in [0.05, 0.1) is 6.04 Å². The second-order valence-electron chi connectivity index (χ2n) is 8.60. The van der Waals surface area contributed by atoms with Crippen LogP contribution in [-0.4, -0.2) is 65.5 Å². The lowest BCUT2D eigenvalue weighted by Gasteiger charge is -2.25. The van der Waals surface area contributed by atoms with Crippen LogP contribution in [0.15, 0.2) is 35.3 Å². The molecule has 4 unspecified atom stereocenters. The number of hydrogen-bond donors (Lipinski definition) is 7. The van der Waals surface area contributed by atoms with Crippen molar-refractivity contribution in [3.8, 4) is 0 Å². The Bertz CT molecular complexity index is 888. The van der Waals surface area contributed by atoms with Crippen LogP contribution in [0.3, 0.4) is 0 Å². The van der Waals surface area contributed by atoms with Gasteiger partial charge in [-0.15, -0.1) is 0 Å². The predicted octanol–water partition coefficient (Wildman–Crippen LogP) is -1.18. The number of hydrogen-bond acceptors (Lipinski definition) is 6. The van der Waals surface area contributed by atoms with E-state index in [1.54, 1.807) is 38.1 Å². The third-order valence-electron chi connectivity index (χ3n) is 5.24. The summed E-state index contributed by atoms with van der Waals surface area (Å²) in [5.74, 6) is -3.25. The molecular weight excluding hydrogens is 454 g/mol. The average Bonchev–Trinajstić information content (AvgIpc) is 2.79. The summed E-state index contributed by atoms with van der Waals surface area (Å²) < 4.78 is 0. The summed E-state index contributed by atoms with van der Waals surface area (Å²) >= 11 is 0. The Hall–Kier alpha value is -3.67. The third kappa shape index (κ3) is 10.9. The molecule has 1 aromatic carbocycles. The van der Waals surface area contributed by atoms with Gasteiger partial charge in [0.1, 0.15) is 18.1 Å². The number of guanidine groups is 1. The van der Waals surface area contributed by atoms with Crippen molar-refractivity contribution in [3.63, 3.8) is 0 Å². The summed E-state index contributed by atoms with van der Waals surface area (Å²) in [4.78, 5) is 53.6. The largest absolute Gasteiger partial charge is 0.480 e. The molecule has 0 saturated carbocycles. The maximum atomic E-state index is 13.2. The molecule has 1 rings (SSSR count). The summed E-state index contributed by atoms with van der Waals surface area (Å²) in [7, 11) is 0. The quantitative estimate of drug-likeness (QED) is 0.0953. The van der Waals surface area contributed by atoms with E-state index in [1.807, 2.05) is 6.07 Å². The molecule has 12 heteroatoms. The van der Waals surface area contributed by atoms with E-state index in [-0.39, 0.29) is 31.3 Å². The highest BCUT2D eigenvalue weighted by molar-refractivity contribution is 5.94. The number of benzene rings is 1. The van der Waals surface area contributed by atoms with Gasteiger partial charge in [0.15, 0.2) is 5.96 Å². The normalized spacial score (nSPS) is 14.2. The smallest absolute Gasteiger partial charge is 0.325 e. The second-order valence-corrected chi connectivity index (χ2v) is 8.60. The third-order valence-corrected chi connectivity index (χ3v) is 5.24. The molecule has 0 aromatic heterocycles. The minimum Gasteiger partial charge on any atom is -0.480 e. The first-order valence-corrected chi connectivity index (χ1v) is 11.4. The van der Waals surface area contributed by atoms with E-state index in [0.29, 0.717) is 6.42 Å². The fraction of sp³-hybridized carbons (Fsp3) is 0.522. The minimum absolute atomic E-state index is 0.0935. The molecule has 0 fully saturated rings. The van der Waals surface area contributed by atoms with Crippen LogP contribution in [0.2, 0.25) is 0 Å². The molecule has 12 nitrogen and oxygen atoms in total. The molecule has 0 saturated heterocycles. The van der Waals surface area contributed by atoms with Crippen molar-refractivity contribution in [2.45, 2.75) is 64.2 Å². The van der Waals surface area contributed by atoms with Gasteiger partial charge in [-0.1, -0.05) is 44.2 Å². The summed E-state index contributed by atoms with van der Waals surface area (Å²) in [6.07, 6.45) is 0.675. The molecule has 4 atom stereocenters. The van der Waals surface area contributed by atoms with E-state index in [4.69, 9.17) is 22.3 Å². The van der Waals surface area contributed by atoms with Crippen molar-refractivity contribution in [2.75, 3.05) is 6.54 Å². The number of nitrogens with zero attached hydrogens (tertiary/aromatic N) is 1. The van der Waals surface area contributed by atoms with Crippen LogP contribution in [0, 0.1) is 5.92 Å². The molecule has 35 heavy (non-hydrogen) atoms. The number of carboxylic acid groups (broad SMARTS) is 1. The molecule has 10 N–H and O–H groups in total. The van der Waals surface area contributed by atoms with Crippen LogP contribution in [0.25, 0.3) is 0 Å². The monoisotopic (exact) mass is 491 g/mol. The molecule has 3 amide bonds. The number of nitrogens with one attached hydrogen (secondary N) is 3. The number of carbonyl (C=O) groups is 4. The lowest BCUT2D eigenvalue weighted by Crippen LogP contribution is -2.57. The van der Waals surface area contributed by atoms with Gasteiger partial charge in [0.2, 0.25) is 17.7 Å². The minimum atomic E-state index is -1.21. The molecule has 0 bridgehead atoms. The number of aliphatic imine (C=N–C) groups is 1. The van der Waals surface area contributed by atoms with Gasteiger partial charge >= 0.3 is 5.97 Å². The van der Waals surface area contributed by atoms with Crippen molar-refractivity contribution in [2.24, 2.45) is 28.1 Å². The zero-order valence-electron chi connectivity index (χ0n) is 20.4. The summed E-state index contributed by atoms with van der Waals surface area (Å²) in [6.45, 7) is 5.12. The van der Waals surface area contributed by atoms with Gasteiger partial charge in [0, 0.05) is 13.0 Å². The number of carboxylic acids is 1. The van der Waals surface area contributed by atoms with Crippen molar-refractivity contribution in [1.29, 1.82) is 0 Å². The summed E-state index contributed by atoms with van der Waals surface area (Å²) in [6, 6.07) is 4.86. The Labute approximate surface area is 205 Å². The van der Waals surface area contributed by atoms with Crippen LogP contribution in [0.5, 0.6) is 0 Å². The highest BCUT2D eigenvalue weighted by atomic mass is 16.4. The van der Waals surface area contributed by atoms with Gasteiger partial charge in [0.25, 0.3) is 0 Å². The van der Waals surface area contributed by atoms with Gasteiger partial charge in [-0.2, -0.15) is 0 Å². The Morgan fingerprint density at radius 1 is 0.914 bits per heavy atom. The topological polar surface area (TPSA) is 215 Å². The molecular formula is C23H37N7O5. The first kappa shape index (κ1) is 29.4. The zero-order chi connectivity index (χ0) is 26.5. The van der Waals surface area contributed by atoms with Crippen LogP contribution in [0.4, 0.5) is 0 Å². The Morgan fingerprint density at radius 3 is 2.03 bits per heavy atom. The average molecular weight is 492 g/mol. The lowest BCUT2D eigenvalue weighted by molar-refractivity contribution is -0.141. The van der Waals surface area contributed by atoms with Crippen molar-refractivity contribution >= 4 is 29.7 Å². The molecule has 0 aliphatic carbocycles. The number of carbonyl (C=O) groups excluding carboxylic acids is 3. The number of amides is 3. The van der Waals surface area contributed by atoms with E-state index in [0.717, 1.165) is 5.56 Å². The molecule has 0 spiro atoms. The van der Waals surface area contributed by atoms with Gasteiger partial charge in [-0.3, -0.25) is 24.2 Å². The SMILES string of the molecule is CC(NC(=O)C(Cc1ccccc1)NC(=O)C(CCCN=C(N)N)NC(=O)C(N)C(C)C)C(=O)O. The van der Waals surface area contributed by atoms with E-state index >= 15 is 0 Å². The predicted molar refractivity (Wildman–Crippen MR) is 132 cm³/mol. The maximum absolute atomic E-state index is 13.2. The number of nitrogens with two attached hydrogens (primary N) is 3. The fourth-order valence-corrected chi connectivity index (χ4v) is 3.05. The first-order valence-electron chi connectivity index (χ1n) is 11.4. The van der Waals surface area contributed by atoms with Gasteiger partial charge < -0.3 is 38.3 Å². The standard InChI is InChI=1S/C23H37N7O5/c1-13(2)18(24)21(33)29-16(10-7-11-27-23(25)26)19(31)30-17(12-15-8-5-4-6-9-15)20(32)28-14(3)22(34)35/h4-6,8-9,13-14,16-18H,7,10-12,24H2,1-3H3,(H,28,32)(H,29,33)(H,30,31)(H,34,35)(H4,25,26,27). The van der Waals surface area contributed by atoms with Crippen molar-refractivity contribution in [1.82, 2.24) is 16.0 Å². The van der Waals surface area contributed by atoms with E-state index in [9.17, 15) is 19.2 Å². The fourth-order valence-electron chi connectivity index (χ4n) is 3.05. The van der Waals surface area contributed by atoms with Gasteiger partial charge in [-0.25, -0.2) is 0 Å². The molecule has 0 radical (unpaired) electrons. The highest BCUT2D eigenvalue weighted by Gasteiger charge is 2.30. The van der Waals surface area contributed by atoms with Gasteiger partial charge in [-0.05, 0) is 31.2 Å². The Kier molecular flexibility index (Phi) is 12.2. The van der Waals surface area contributed by atoms with E-state index in [2.05, 4.69) is 20.9 Å². The number of aliphatic carboxylic acids is 1. The second kappa shape index (κ2) is 14.6. The van der Waals surface area contributed by atoms with Crippen LogP contribution in [0.1, 0.15) is 39.2 Å². The first-order chi connectivity index (χ1) is 16.4. The molecule has 1 aromatic rings. The molecule has 0 aliphatic rings. The summed E-state index contributed by atoms with van der Waals surface area (Å²) in [5, 5.41) is 16.8. The van der Waals surface area contributed by atoms with E-state index < -0.39 is 47.9 Å². The maximum Gasteiger partial charge on any atom is 0.325 e. The lowest BCUT2D eigenvalue weighted by atomic mass is 10.0. The Balaban J connectivity index is 3.07. The van der Waals surface area contributed by atoms with Crippen molar-refractivity contribution in [3.05, 3.63) is 35.9 Å². The molecule has 0 aliphatic heterocycles. The molecule has 194 valence electrons. The number of rotatable bonds is 14. The van der Waals surface area contributed by atoms with Crippen LogP contribution >= 0.6 is 0 Å². The molecule has 0 heterocycles. The van der Waals surface area contributed by atoms with E-state index in [1.165, 1.54) is 6.92 Å². The zero-order valence-corrected chi connectivity index (χ0v) is 20.4. The van der Waals surface area contributed by atoms with Crippen molar-refractivity contribution < 1.29 is 24.3 Å². The summed E-state index contributed by atoms with van der Waals surface area (Å²) in [5.41, 5.74) is 17.3.